The zero-order valence-electron chi connectivity index (χ0n) is 12.6. The van der Waals surface area contributed by atoms with E-state index in [0.29, 0.717) is 6.42 Å². The molecule has 0 aromatic carbocycles. The Bertz CT molecular complexity index is 564. The molecule has 128 valence electrons. The number of alkyl halides is 3. The van der Waals surface area contributed by atoms with Crippen LogP contribution in [0, 0.1) is 11.8 Å². The lowest BCUT2D eigenvalue weighted by molar-refractivity contribution is -0.142. The minimum Gasteiger partial charge on any atom is -0.481 e. The molecule has 1 aromatic rings. The maximum absolute atomic E-state index is 12.5. The van der Waals surface area contributed by atoms with Crippen molar-refractivity contribution in [2.24, 2.45) is 11.8 Å². The fraction of sp³-hybridized carbons (Fsp3) is 0.500. The fourth-order valence-corrected chi connectivity index (χ4v) is 2.51. The quantitative estimate of drug-likeness (QED) is 0.739. The Hall–Kier alpha value is -1.77. The first-order valence-corrected chi connectivity index (χ1v) is 7.63. The average Bonchev–Trinajstić information content (AvgIpc) is 2.41. The minimum absolute atomic E-state index is 0.114. The van der Waals surface area contributed by atoms with Crippen molar-refractivity contribution in [1.29, 1.82) is 0 Å². The predicted octanol–water partition coefficient (Wildman–Crippen LogP) is 3.17. The van der Waals surface area contributed by atoms with E-state index in [0.717, 1.165) is 6.20 Å². The van der Waals surface area contributed by atoms with Crippen molar-refractivity contribution in [3.8, 4) is 0 Å². The third kappa shape index (κ3) is 6.89. The highest BCUT2D eigenvalue weighted by Gasteiger charge is 2.32. The lowest BCUT2D eigenvalue weighted by Crippen LogP contribution is -2.34. The molecular formula is C14H17F3N2O3S. The van der Waals surface area contributed by atoms with E-state index in [-0.39, 0.29) is 18.0 Å². The molecule has 1 heterocycles. The molecule has 23 heavy (non-hydrogen) atoms. The van der Waals surface area contributed by atoms with Crippen LogP contribution in [0.5, 0.6) is 0 Å². The summed E-state index contributed by atoms with van der Waals surface area (Å²) in [5.41, 5.74) is -4.80. The summed E-state index contributed by atoms with van der Waals surface area (Å²) in [6.07, 6.45) is 1.51. The number of carboxylic acids is 1. The second kappa shape index (κ2) is 8.19. The van der Waals surface area contributed by atoms with Gasteiger partial charge in [-0.3, -0.25) is 9.59 Å². The third-order valence-electron chi connectivity index (χ3n) is 2.84. The van der Waals surface area contributed by atoms with E-state index in [9.17, 15) is 22.8 Å². The predicted molar refractivity (Wildman–Crippen MR) is 79.1 cm³/mol. The number of aliphatic carboxylic acids is 1. The van der Waals surface area contributed by atoms with Crippen molar-refractivity contribution < 1.29 is 27.9 Å². The summed E-state index contributed by atoms with van der Waals surface area (Å²) in [7, 11) is 0. The normalized spacial score (nSPS) is 13.0. The Morgan fingerprint density at radius 1 is 1.39 bits per heavy atom. The zero-order valence-corrected chi connectivity index (χ0v) is 13.4. The molecule has 0 radical (unpaired) electrons. The number of hydrogen-bond donors (Lipinski definition) is 2. The van der Waals surface area contributed by atoms with E-state index in [1.54, 1.807) is 0 Å². The van der Waals surface area contributed by atoms with Gasteiger partial charge in [-0.25, -0.2) is 4.98 Å². The lowest BCUT2D eigenvalue weighted by Gasteiger charge is -2.16. The molecule has 9 heteroatoms. The standard InChI is InChI=1S/C14H17F3N2O3S/c1-8(2)6-9(13(21)22)7-19-11(20)10-4-3-5-18-12(10)23-14(15,16)17/h3-5,8-9H,6-7H2,1-2H3,(H,19,20)(H,21,22). The van der Waals surface area contributed by atoms with Gasteiger partial charge in [-0.05, 0) is 24.5 Å². The largest absolute Gasteiger partial charge is 0.481 e. The van der Waals surface area contributed by atoms with Crippen LogP contribution in [0.2, 0.25) is 0 Å². The molecular weight excluding hydrogens is 333 g/mol. The van der Waals surface area contributed by atoms with Gasteiger partial charge in [0, 0.05) is 24.5 Å². The van der Waals surface area contributed by atoms with E-state index in [2.05, 4.69) is 10.3 Å². The summed E-state index contributed by atoms with van der Waals surface area (Å²) in [6, 6.07) is 2.56. The van der Waals surface area contributed by atoms with Crippen LogP contribution in [0.15, 0.2) is 23.4 Å². The van der Waals surface area contributed by atoms with Gasteiger partial charge in [0.05, 0.1) is 11.5 Å². The van der Waals surface area contributed by atoms with Crippen LogP contribution in [0.25, 0.3) is 0 Å². The number of thioether (sulfide) groups is 1. The highest BCUT2D eigenvalue weighted by Crippen LogP contribution is 2.37. The van der Waals surface area contributed by atoms with Gasteiger partial charge in [0.1, 0.15) is 5.03 Å². The summed E-state index contributed by atoms with van der Waals surface area (Å²) >= 11 is -0.481. The summed E-state index contributed by atoms with van der Waals surface area (Å²) in [6.45, 7) is 3.53. The smallest absolute Gasteiger partial charge is 0.447 e. The molecule has 0 fully saturated rings. The number of carboxylic acid groups (broad SMARTS) is 1. The maximum atomic E-state index is 12.5. The van der Waals surface area contributed by atoms with Crippen molar-refractivity contribution in [1.82, 2.24) is 10.3 Å². The van der Waals surface area contributed by atoms with E-state index >= 15 is 0 Å². The highest BCUT2D eigenvalue weighted by molar-refractivity contribution is 8.00. The van der Waals surface area contributed by atoms with E-state index in [1.807, 2.05) is 13.8 Å². The number of aromatic nitrogens is 1. The van der Waals surface area contributed by atoms with Crippen LogP contribution in [-0.2, 0) is 4.79 Å². The Balaban J connectivity index is 2.80. The highest BCUT2D eigenvalue weighted by atomic mass is 32.2. The van der Waals surface area contributed by atoms with Gasteiger partial charge >= 0.3 is 11.5 Å². The van der Waals surface area contributed by atoms with Crippen LogP contribution in [0.4, 0.5) is 13.2 Å². The number of hydrogen-bond acceptors (Lipinski definition) is 4. The molecule has 1 amide bonds. The van der Waals surface area contributed by atoms with Gasteiger partial charge in [-0.2, -0.15) is 13.2 Å². The van der Waals surface area contributed by atoms with Crippen LogP contribution >= 0.6 is 11.8 Å². The molecule has 1 aromatic heterocycles. The second-order valence-corrected chi connectivity index (χ2v) is 6.33. The first kappa shape index (κ1) is 19.3. The van der Waals surface area contributed by atoms with E-state index in [4.69, 9.17) is 5.11 Å². The van der Waals surface area contributed by atoms with Crippen LogP contribution in [0.3, 0.4) is 0 Å². The SMILES string of the molecule is CC(C)CC(CNC(=O)c1cccnc1SC(F)(F)F)C(=O)O. The van der Waals surface area contributed by atoms with Gasteiger partial charge in [0.2, 0.25) is 0 Å². The third-order valence-corrected chi connectivity index (χ3v) is 3.59. The molecule has 0 saturated heterocycles. The van der Waals surface area contributed by atoms with Gasteiger partial charge < -0.3 is 10.4 Å². The number of rotatable bonds is 7. The molecule has 0 spiro atoms. The van der Waals surface area contributed by atoms with Crippen molar-refractivity contribution >= 4 is 23.6 Å². The lowest BCUT2D eigenvalue weighted by atomic mass is 9.97. The van der Waals surface area contributed by atoms with E-state index < -0.39 is 40.1 Å². The zero-order chi connectivity index (χ0) is 17.6. The van der Waals surface area contributed by atoms with Crippen LogP contribution in [-0.4, -0.2) is 34.0 Å². The van der Waals surface area contributed by atoms with Gasteiger partial charge in [0.25, 0.3) is 5.91 Å². The monoisotopic (exact) mass is 350 g/mol. The topological polar surface area (TPSA) is 79.3 Å². The first-order chi connectivity index (χ1) is 10.6. The number of nitrogens with one attached hydrogen (secondary N) is 1. The van der Waals surface area contributed by atoms with Crippen LogP contribution in [0.1, 0.15) is 30.6 Å². The molecule has 0 aliphatic carbocycles. The molecule has 1 atom stereocenters. The summed E-state index contributed by atoms with van der Waals surface area (Å²) < 4.78 is 37.4. The average molecular weight is 350 g/mol. The van der Waals surface area contributed by atoms with E-state index in [1.165, 1.54) is 12.1 Å². The van der Waals surface area contributed by atoms with Crippen molar-refractivity contribution in [2.45, 2.75) is 30.8 Å². The first-order valence-electron chi connectivity index (χ1n) is 6.82. The maximum Gasteiger partial charge on any atom is 0.447 e. The van der Waals surface area contributed by atoms with Gasteiger partial charge in [-0.15, -0.1) is 0 Å². The molecule has 0 bridgehead atoms. The molecule has 1 unspecified atom stereocenters. The second-order valence-electron chi connectivity index (χ2n) is 5.28. The Labute approximate surface area is 135 Å². The minimum atomic E-state index is -4.56. The Kier molecular flexibility index (Phi) is 6.86. The Morgan fingerprint density at radius 3 is 2.57 bits per heavy atom. The fourth-order valence-electron chi connectivity index (χ4n) is 1.91. The van der Waals surface area contributed by atoms with Gasteiger partial charge in [-0.1, -0.05) is 13.8 Å². The molecule has 1 rings (SSSR count). The van der Waals surface area contributed by atoms with Crippen LogP contribution < -0.4 is 5.32 Å². The number of amides is 1. The van der Waals surface area contributed by atoms with Crippen molar-refractivity contribution in [3.05, 3.63) is 23.9 Å². The molecule has 0 aliphatic heterocycles. The van der Waals surface area contributed by atoms with Crippen molar-refractivity contribution in [3.63, 3.8) is 0 Å². The molecule has 0 aliphatic rings. The number of carbonyl (C=O) groups is 2. The number of halogens is 3. The van der Waals surface area contributed by atoms with Gasteiger partial charge in [0.15, 0.2) is 0 Å². The number of carbonyl (C=O) groups excluding carboxylic acids is 1. The summed E-state index contributed by atoms with van der Waals surface area (Å²) in [4.78, 5) is 26.7. The molecule has 0 saturated carbocycles. The summed E-state index contributed by atoms with van der Waals surface area (Å²) in [5, 5.41) is 11.0. The van der Waals surface area contributed by atoms with Crippen molar-refractivity contribution in [2.75, 3.05) is 6.54 Å². The molecule has 5 nitrogen and oxygen atoms in total. The number of pyridine rings is 1. The summed E-state index contributed by atoms with van der Waals surface area (Å²) in [5.74, 6) is -2.52. The molecule has 2 N–H and O–H groups in total. The Morgan fingerprint density at radius 2 is 2.04 bits per heavy atom. The number of nitrogens with zero attached hydrogens (tertiary/aromatic N) is 1.